The van der Waals surface area contributed by atoms with E-state index in [9.17, 15) is 9.59 Å². The zero-order valence-electron chi connectivity index (χ0n) is 19.2. The molecule has 2 heterocycles. The Kier molecular flexibility index (Phi) is 5.86. The number of rotatable bonds is 6. The van der Waals surface area contributed by atoms with Crippen LogP contribution in [0, 0.1) is 5.41 Å². The molecule has 6 nitrogen and oxygen atoms in total. The maximum Gasteiger partial charge on any atom is 0.255 e. The number of amides is 2. The average Bonchev–Trinajstić information content (AvgIpc) is 3.19. The summed E-state index contributed by atoms with van der Waals surface area (Å²) < 4.78 is 6.52. The molecule has 6 heteroatoms. The molecule has 168 valence electrons. The van der Waals surface area contributed by atoms with Crippen LogP contribution in [0.2, 0.25) is 0 Å². The summed E-state index contributed by atoms with van der Waals surface area (Å²) in [7, 11) is 0. The van der Waals surface area contributed by atoms with Crippen LogP contribution in [0.3, 0.4) is 0 Å². The number of nitrogens with zero attached hydrogens (tertiary/aromatic N) is 2. The molecule has 2 aliphatic heterocycles. The van der Waals surface area contributed by atoms with E-state index in [4.69, 9.17) is 4.74 Å². The standard InChI is InChI=1S/C25H35N3O3/c1-6-27(7-2)21-13-25(4,5)14-22(21)31-18-9-10-19-17(12-18)15-28(24(19)30)20-11-8-16(3)26-23(20)29/h9-10,12,20-22H,3,6-8,11,13-15H2,1-2,4-5H3,(H,26,29)/t20?,21-,22-/m1/s1. The van der Waals surface area contributed by atoms with Gasteiger partial charge in [-0.15, -0.1) is 0 Å². The first-order valence-electron chi connectivity index (χ1n) is 11.6. The molecule has 1 aliphatic carbocycles. The van der Waals surface area contributed by atoms with Crippen molar-refractivity contribution in [1.82, 2.24) is 15.1 Å². The molecule has 1 aromatic carbocycles. The molecule has 1 N–H and O–H groups in total. The molecule has 3 aliphatic rings. The highest BCUT2D eigenvalue weighted by atomic mass is 16.5. The van der Waals surface area contributed by atoms with Crippen LogP contribution in [-0.4, -0.2) is 52.9 Å². The number of likely N-dealkylation sites (N-methyl/N-ethyl adjacent to an activating group) is 1. The highest BCUT2D eigenvalue weighted by Crippen LogP contribution is 2.42. The molecule has 1 aromatic rings. The van der Waals surface area contributed by atoms with Crippen molar-refractivity contribution in [3.05, 3.63) is 41.6 Å². The number of piperidine rings is 1. The van der Waals surface area contributed by atoms with Crippen molar-refractivity contribution in [2.45, 2.75) is 78.1 Å². The Morgan fingerprint density at radius 3 is 2.65 bits per heavy atom. The number of benzene rings is 1. The van der Waals surface area contributed by atoms with Crippen LogP contribution in [0.15, 0.2) is 30.5 Å². The summed E-state index contributed by atoms with van der Waals surface area (Å²) in [5, 5.41) is 2.79. The normalized spacial score (nSPS) is 27.6. The van der Waals surface area contributed by atoms with Gasteiger partial charge >= 0.3 is 0 Å². The summed E-state index contributed by atoms with van der Waals surface area (Å²) in [6.45, 7) is 15.4. The van der Waals surface area contributed by atoms with Gasteiger partial charge in [-0.25, -0.2) is 0 Å². The van der Waals surface area contributed by atoms with Gasteiger partial charge in [0.25, 0.3) is 5.91 Å². The fourth-order valence-electron chi connectivity index (χ4n) is 5.52. The third-order valence-corrected chi connectivity index (χ3v) is 7.12. The van der Waals surface area contributed by atoms with Crippen LogP contribution >= 0.6 is 0 Å². The van der Waals surface area contributed by atoms with E-state index >= 15 is 0 Å². The third kappa shape index (κ3) is 4.22. The van der Waals surface area contributed by atoms with Crippen LogP contribution in [0.1, 0.15) is 69.3 Å². The molecular weight excluding hydrogens is 390 g/mol. The molecule has 1 unspecified atom stereocenters. The highest BCUT2D eigenvalue weighted by molar-refractivity contribution is 6.01. The molecule has 0 radical (unpaired) electrons. The third-order valence-electron chi connectivity index (χ3n) is 7.12. The second kappa shape index (κ2) is 8.30. The Labute approximate surface area is 185 Å². The van der Waals surface area contributed by atoms with E-state index in [0.717, 1.165) is 42.9 Å². The maximum absolute atomic E-state index is 13.0. The molecule has 4 rings (SSSR count). The summed E-state index contributed by atoms with van der Waals surface area (Å²) in [4.78, 5) is 29.5. The largest absolute Gasteiger partial charge is 0.489 e. The molecule has 1 saturated carbocycles. The molecule has 2 amide bonds. The number of hydrogen-bond donors (Lipinski definition) is 1. The lowest BCUT2D eigenvalue weighted by molar-refractivity contribution is -0.126. The van der Waals surface area contributed by atoms with Crippen LogP contribution < -0.4 is 10.1 Å². The quantitative estimate of drug-likeness (QED) is 0.755. The van der Waals surface area contributed by atoms with E-state index in [0.29, 0.717) is 31.0 Å². The predicted molar refractivity (Wildman–Crippen MR) is 121 cm³/mol. The molecule has 0 aromatic heterocycles. The predicted octanol–water partition coefficient (Wildman–Crippen LogP) is 3.71. The van der Waals surface area contributed by atoms with Crippen molar-refractivity contribution in [1.29, 1.82) is 0 Å². The van der Waals surface area contributed by atoms with Crippen molar-refractivity contribution >= 4 is 11.8 Å². The lowest BCUT2D eigenvalue weighted by Gasteiger charge is -2.31. The molecule has 2 fully saturated rings. The van der Waals surface area contributed by atoms with Gasteiger partial charge in [-0.05, 0) is 68.0 Å². The topological polar surface area (TPSA) is 61.9 Å². The SMILES string of the molecule is C=C1CCC(N2Cc3cc(O[C@@H]4CC(C)(C)C[C@H]4N(CC)CC)ccc3C2=O)C(=O)N1. The van der Waals surface area contributed by atoms with E-state index in [2.05, 4.69) is 44.5 Å². The van der Waals surface area contributed by atoms with Crippen molar-refractivity contribution in [3.8, 4) is 5.75 Å². The monoisotopic (exact) mass is 425 g/mol. The number of hydrogen-bond acceptors (Lipinski definition) is 4. The number of carbonyl (C=O) groups is 2. The van der Waals surface area contributed by atoms with Crippen molar-refractivity contribution in [2.24, 2.45) is 5.41 Å². The van der Waals surface area contributed by atoms with E-state index in [1.807, 2.05) is 18.2 Å². The minimum absolute atomic E-state index is 0.0720. The van der Waals surface area contributed by atoms with Gasteiger partial charge in [0.2, 0.25) is 5.91 Å². The van der Waals surface area contributed by atoms with Gasteiger partial charge < -0.3 is 15.0 Å². The zero-order chi connectivity index (χ0) is 22.3. The molecule has 3 atom stereocenters. The number of ether oxygens (including phenoxy) is 1. The Morgan fingerprint density at radius 2 is 1.97 bits per heavy atom. The maximum atomic E-state index is 13.0. The molecule has 0 spiro atoms. The van der Waals surface area contributed by atoms with Gasteiger partial charge in [-0.1, -0.05) is 34.3 Å². The Balaban J connectivity index is 1.51. The van der Waals surface area contributed by atoms with E-state index in [1.54, 1.807) is 4.90 Å². The van der Waals surface area contributed by atoms with Crippen LogP contribution in [0.5, 0.6) is 5.75 Å². The first kappa shape index (κ1) is 21.9. The number of fused-ring (bicyclic) bond motifs is 1. The fourth-order valence-corrected chi connectivity index (χ4v) is 5.52. The van der Waals surface area contributed by atoms with Gasteiger partial charge in [-0.3, -0.25) is 14.5 Å². The first-order chi connectivity index (χ1) is 14.7. The highest BCUT2D eigenvalue weighted by Gasteiger charge is 2.43. The number of carbonyl (C=O) groups excluding carboxylic acids is 2. The zero-order valence-corrected chi connectivity index (χ0v) is 19.2. The smallest absolute Gasteiger partial charge is 0.255 e. The second-order valence-corrected chi connectivity index (χ2v) is 9.92. The lowest BCUT2D eigenvalue weighted by Crippen LogP contribution is -2.49. The summed E-state index contributed by atoms with van der Waals surface area (Å²) in [6.07, 6.45) is 3.60. The van der Waals surface area contributed by atoms with Gasteiger partial charge in [0.05, 0.1) is 0 Å². The summed E-state index contributed by atoms with van der Waals surface area (Å²) in [5.74, 6) is 0.607. The minimum atomic E-state index is -0.433. The van der Waals surface area contributed by atoms with Crippen LogP contribution in [-0.2, 0) is 11.3 Å². The Bertz CT molecular complexity index is 890. The Hall–Kier alpha value is -2.34. The second-order valence-electron chi connectivity index (χ2n) is 9.92. The first-order valence-corrected chi connectivity index (χ1v) is 11.6. The number of nitrogens with one attached hydrogen (secondary N) is 1. The molecular formula is C25H35N3O3. The van der Waals surface area contributed by atoms with Gasteiger partial charge in [0.1, 0.15) is 17.9 Å². The lowest BCUT2D eigenvalue weighted by atomic mass is 9.91. The van der Waals surface area contributed by atoms with Crippen molar-refractivity contribution in [3.63, 3.8) is 0 Å². The van der Waals surface area contributed by atoms with Gasteiger partial charge in [-0.2, -0.15) is 0 Å². The summed E-state index contributed by atoms with van der Waals surface area (Å²) in [6, 6.07) is 5.73. The molecule has 0 bridgehead atoms. The van der Waals surface area contributed by atoms with E-state index in [1.165, 1.54) is 0 Å². The van der Waals surface area contributed by atoms with Crippen LogP contribution in [0.25, 0.3) is 0 Å². The molecule has 31 heavy (non-hydrogen) atoms. The summed E-state index contributed by atoms with van der Waals surface area (Å²) >= 11 is 0. The van der Waals surface area contributed by atoms with E-state index < -0.39 is 6.04 Å². The van der Waals surface area contributed by atoms with Gasteiger partial charge in [0.15, 0.2) is 0 Å². The van der Waals surface area contributed by atoms with Gasteiger partial charge in [0, 0.05) is 23.8 Å². The minimum Gasteiger partial charge on any atom is -0.489 e. The number of allylic oxidation sites excluding steroid dienone is 1. The van der Waals surface area contributed by atoms with Crippen molar-refractivity contribution in [2.75, 3.05) is 13.1 Å². The van der Waals surface area contributed by atoms with Crippen LogP contribution in [0.4, 0.5) is 0 Å². The molecule has 1 saturated heterocycles. The summed E-state index contributed by atoms with van der Waals surface area (Å²) in [5.41, 5.74) is 2.59. The average molecular weight is 426 g/mol. The van der Waals surface area contributed by atoms with E-state index in [-0.39, 0.29) is 23.3 Å². The fraction of sp³-hybridized carbons (Fsp3) is 0.600. The van der Waals surface area contributed by atoms with Crippen molar-refractivity contribution < 1.29 is 14.3 Å². The Morgan fingerprint density at radius 1 is 1.23 bits per heavy atom.